The van der Waals surface area contributed by atoms with Crippen molar-refractivity contribution in [2.45, 2.75) is 19.3 Å². The van der Waals surface area contributed by atoms with Crippen LogP contribution >= 0.6 is 0 Å². The Morgan fingerprint density at radius 2 is 2.40 bits per heavy atom. The first kappa shape index (κ1) is 7.19. The Morgan fingerprint density at radius 1 is 1.70 bits per heavy atom. The van der Waals surface area contributed by atoms with Gasteiger partial charge in [0.25, 0.3) is 0 Å². The van der Waals surface area contributed by atoms with Crippen molar-refractivity contribution in [1.82, 2.24) is 0 Å². The number of carbonyl (C=O) groups is 2. The predicted molar refractivity (Wildman–Crippen MR) is 37.6 cm³/mol. The Balaban J connectivity index is 2.57. The summed E-state index contributed by atoms with van der Waals surface area (Å²) in [5.41, 5.74) is 0.645. The van der Waals surface area contributed by atoms with Crippen molar-refractivity contribution in [2.75, 3.05) is 0 Å². The van der Waals surface area contributed by atoms with Gasteiger partial charge >= 0.3 is 0 Å². The van der Waals surface area contributed by atoms with Crippen molar-refractivity contribution in [3.8, 4) is 0 Å². The largest absolute Gasteiger partial charge is 0.303 e. The molecule has 0 amide bonds. The normalized spacial score (nSPS) is 25.4. The highest BCUT2D eigenvalue weighted by Gasteiger charge is 2.25. The number of ketones is 1. The summed E-state index contributed by atoms with van der Waals surface area (Å²) in [6, 6.07) is 0. The molecule has 0 aromatic rings. The Kier molecular flexibility index (Phi) is 2.00. The molecule has 0 radical (unpaired) electrons. The lowest BCUT2D eigenvalue weighted by atomic mass is 10.0. The smallest absolute Gasteiger partial charge is 0.158 e. The minimum atomic E-state index is 0.131. The molecule has 0 aromatic heterocycles. The summed E-state index contributed by atoms with van der Waals surface area (Å²) in [6.45, 7) is 3.63. The fourth-order valence-electron chi connectivity index (χ4n) is 1.24. The van der Waals surface area contributed by atoms with Crippen LogP contribution in [-0.2, 0) is 9.59 Å². The molecular weight excluding hydrogens is 128 g/mol. The first-order valence-corrected chi connectivity index (χ1v) is 3.41. The Hall–Kier alpha value is -0.920. The summed E-state index contributed by atoms with van der Waals surface area (Å²) in [7, 11) is 0. The number of rotatable bonds is 2. The van der Waals surface area contributed by atoms with Crippen LogP contribution in [0.25, 0.3) is 0 Å². The van der Waals surface area contributed by atoms with E-state index in [4.69, 9.17) is 0 Å². The molecule has 10 heavy (non-hydrogen) atoms. The van der Waals surface area contributed by atoms with Crippen LogP contribution in [-0.4, -0.2) is 12.1 Å². The summed E-state index contributed by atoms with van der Waals surface area (Å²) >= 11 is 0. The zero-order chi connectivity index (χ0) is 7.56. The van der Waals surface area contributed by atoms with E-state index in [1.807, 2.05) is 0 Å². The Labute approximate surface area is 59.9 Å². The van der Waals surface area contributed by atoms with Crippen molar-refractivity contribution in [2.24, 2.45) is 5.92 Å². The van der Waals surface area contributed by atoms with Gasteiger partial charge in [0.1, 0.15) is 6.29 Å². The molecule has 1 rings (SSSR count). The summed E-state index contributed by atoms with van der Waals surface area (Å²) < 4.78 is 0. The third-order valence-electron chi connectivity index (χ3n) is 1.95. The summed E-state index contributed by atoms with van der Waals surface area (Å²) in [4.78, 5) is 20.9. The molecule has 1 atom stereocenters. The second kappa shape index (κ2) is 2.78. The van der Waals surface area contributed by atoms with E-state index in [1.54, 1.807) is 0 Å². The third-order valence-corrected chi connectivity index (χ3v) is 1.95. The monoisotopic (exact) mass is 138 g/mol. The van der Waals surface area contributed by atoms with Crippen LogP contribution in [0.4, 0.5) is 0 Å². The van der Waals surface area contributed by atoms with Crippen molar-refractivity contribution in [3.05, 3.63) is 12.2 Å². The number of carbonyl (C=O) groups excluding carboxylic acids is 2. The van der Waals surface area contributed by atoms with Crippen LogP contribution in [0.3, 0.4) is 0 Å². The lowest BCUT2D eigenvalue weighted by Gasteiger charge is -2.01. The van der Waals surface area contributed by atoms with Crippen molar-refractivity contribution < 1.29 is 9.59 Å². The fourth-order valence-corrected chi connectivity index (χ4v) is 1.24. The lowest BCUT2D eigenvalue weighted by molar-refractivity contribution is -0.114. The maximum Gasteiger partial charge on any atom is 0.158 e. The van der Waals surface area contributed by atoms with E-state index < -0.39 is 0 Å². The number of hydrogen-bond acceptors (Lipinski definition) is 2. The second-order valence-corrected chi connectivity index (χ2v) is 2.59. The molecular formula is C8H10O2. The molecule has 0 N–H and O–H groups in total. The molecule has 2 nitrogen and oxygen atoms in total. The molecule has 0 aliphatic heterocycles. The zero-order valence-electron chi connectivity index (χ0n) is 5.80. The van der Waals surface area contributed by atoms with Crippen molar-refractivity contribution in [1.29, 1.82) is 0 Å². The van der Waals surface area contributed by atoms with E-state index in [-0.39, 0.29) is 11.7 Å². The SMILES string of the molecule is C=C1C(=O)CCC1CC=O. The predicted octanol–water partition coefficient (Wildman–Crippen LogP) is 1.11. The van der Waals surface area contributed by atoms with Crippen LogP contribution < -0.4 is 0 Å². The molecule has 0 spiro atoms. The number of aldehydes is 1. The molecule has 54 valence electrons. The fraction of sp³-hybridized carbons (Fsp3) is 0.500. The Morgan fingerprint density at radius 3 is 2.80 bits per heavy atom. The maximum atomic E-state index is 10.8. The molecule has 0 aromatic carbocycles. The van der Waals surface area contributed by atoms with Gasteiger partial charge in [0, 0.05) is 12.8 Å². The van der Waals surface area contributed by atoms with Crippen LogP contribution in [0.5, 0.6) is 0 Å². The van der Waals surface area contributed by atoms with E-state index in [0.717, 1.165) is 12.7 Å². The van der Waals surface area contributed by atoms with Crippen LogP contribution in [0, 0.1) is 5.92 Å². The quantitative estimate of drug-likeness (QED) is 0.423. The van der Waals surface area contributed by atoms with Gasteiger partial charge in [-0.1, -0.05) is 6.58 Å². The maximum absolute atomic E-state index is 10.8. The van der Waals surface area contributed by atoms with Gasteiger partial charge in [0.15, 0.2) is 5.78 Å². The molecule has 1 saturated carbocycles. The topological polar surface area (TPSA) is 34.1 Å². The second-order valence-electron chi connectivity index (χ2n) is 2.59. The number of Topliss-reactive ketones (excluding diaryl/α,β-unsaturated/α-hetero) is 1. The summed E-state index contributed by atoms with van der Waals surface area (Å²) in [5.74, 6) is 0.275. The lowest BCUT2D eigenvalue weighted by Crippen LogP contribution is -1.99. The van der Waals surface area contributed by atoms with Gasteiger partial charge in [-0.3, -0.25) is 4.79 Å². The first-order valence-electron chi connectivity index (χ1n) is 3.41. The van der Waals surface area contributed by atoms with Gasteiger partial charge in [0.2, 0.25) is 0 Å². The molecule has 1 unspecified atom stereocenters. The standard InChI is InChI=1S/C8H10O2/c1-6-7(4-5-9)2-3-8(6)10/h5,7H,1-4H2. The van der Waals surface area contributed by atoms with Gasteiger partial charge in [-0.15, -0.1) is 0 Å². The highest BCUT2D eigenvalue weighted by Crippen LogP contribution is 2.28. The van der Waals surface area contributed by atoms with Crippen LogP contribution in [0.1, 0.15) is 19.3 Å². The molecule has 1 fully saturated rings. The van der Waals surface area contributed by atoms with E-state index in [2.05, 4.69) is 6.58 Å². The van der Waals surface area contributed by atoms with E-state index in [9.17, 15) is 9.59 Å². The highest BCUT2D eigenvalue weighted by molar-refractivity contribution is 5.97. The molecule has 0 saturated heterocycles. The van der Waals surface area contributed by atoms with Gasteiger partial charge < -0.3 is 4.79 Å². The molecule has 1 aliphatic carbocycles. The third kappa shape index (κ3) is 1.15. The minimum absolute atomic E-state index is 0.131. The average Bonchev–Trinajstić information content (AvgIpc) is 2.20. The summed E-state index contributed by atoms with van der Waals surface area (Å²) in [6.07, 6.45) is 2.72. The van der Waals surface area contributed by atoms with Crippen LogP contribution in [0.15, 0.2) is 12.2 Å². The van der Waals surface area contributed by atoms with E-state index in [1.165, 1.54) is 0 Å². The highest BCUT2D eigenvalue weighted by atomic mass is 16.1. The van der Waals surface area contributed by atoms with Crippen molar-refractivity contribution >= 4 is 12.1 Å². The van der Waals surface area contributed by atoms with Gasteiger partial charge in [-0.25, -0.2) is 0 Å². The van der Waals surface area contributed by atoms with Gasteiger partial charge in [0.05, 0.1) is 0 Å². The van der Waals surface area contributed by atoms with Crippen molar-refractivity contribution in [3.63, 3.8) is 0 Å². The number of allylic oxidation sites excluding steroid dienone is 1. The minimum Gasteiger partial charge on any atom is -0.303 e. The molecule has 0 bridgehead atoms. The summed E-state index contributed by atoms with van der Waals surface area (Å²) in [5, 5.41) is 0. The average molecular weight is 138 g/mol. The molecule has 2 heteroatoms. The van der Waals surface area contributed by atoms with E-state index >= 15 is 0 Å². The van der Waals surface area contributed by atoms with Gasteiger partial charge in [-0.2, -0.15) is 0 Å². The number of hydrogen-bond donors (Lipinski definition) is 0. The zero-order valence-corrected chi connectivity index (χ0v) is 5.80. The Bertz CT molecular complexity index is 182. The van der Waals surface area contributed by atoms with E-state index in [0.29, 0.717) is 18.4 Å². The van der Waals surface area contributed by atoms with Crippen LogP contribution in [0.2, 0.25) is 0 Å². The molecule has 0 heterocycles. The first-order chi connectivity index (χ1) is 4.75. The molecule has 1 aliphatic rings. The van der Waals surface area contributed by atoms with Gasteiger partial charge in [-0.05, 0) is 17.9 Å².